The number of aryl methyl sites for hydroxylation is 1. The molecule has 2 aromatic heterocycles. The Bertz CT molecular complexity index is 1670. The second-order valence-corrected chi connectivity index (χ2v) is 10.9. The fraction of sp³-hybridized carbons (Fsp3) is 0.273. The van der Waals surface area contributed by atoms with Crippen LogP contribution in [0.25, 0.3) is 11.4 Å². The summed E-state index contributed by atoms with van der Waals surface area (Å²) < 4.78 is 24.9. The van der Waals surface area contributed by atoms with Gasteiger partial charge in [-0.25, -0.2) is 9.18 Å². The van der Waals surface area contributed by atoms with Crippen LogP contribution in [-0.2, 0) is 9.53 Å². The lowest BCUT2D eigenvalue weighted by atomic mass is 9.93. The number of halogens is 1. The van der Waals surface area contributed by atoms with Gasteiger partial charge in [0.2, 0.25) is 0 Å². The highest BCUT2D eigenvalue weighted by Crippen LogP contribution is 2.27. The average Bonchev–Trinajstić information content (AvgIpc) is 3.58. The second-order valence-electron chi connectivity index (χ2n) is 10.9. The van der Waals surface area contributed by atoms with Crippen LogP contribution in [0.4, 0.5) is 20.6 Å². The van der Waals surface area contributed by atoms with Gasteiger partial charge in [0.05, 0.1) is 47.9 Å². The normalized spacial score (nSPS) is 11.1. The smallest absolute Gasteiger partial charge is 0.323 e. The summed E-state index contributed by atoms with van der Waals surface area (Å²) in [6.07, 6.45) is 3.38. The topological polar surface area (TPSA) is 195 Å². The lowest BCUT2D eigenvalue weighted by Crippen LogP contribution is -2.39. The second kappa shape index (κ2) is 16.3. The molecule has 13 nitrogen and oxygen atoms in total. The first-order chi connectivity index (χ1) is 22.6. The first kappa shape index (κ1) is 34.6. The molecule has 0 saturated heterocycles. The highest BCUT2D eigenvalue weighted by Gasteiger charge is 2.30. The quantitative estimate of drug-likeness (QED) is 0.0736. The molecule has 2 aromatic carbocycles. The molecule has 0 bridgehead atoms. The number of hydrogen-bond donors (Lipinski definition) is 7. The van der Waals surface area contributed by atoms with E-state index in [0.717, 1.165) is 5.56 Å². The van der Waals surface area contributed by atoms with E-state index in [4.69, 9.17) is 9.47 Å². The summed E-state index contributed by atoms with van der Waals surface area (Å²) in [5, 5.41) is 35.8. The zero-order chi connectivity index (χ0) is 33.8. The van der Waals surface area contributed by atoms with Crippen LogP contribution in [0.5, 0.6) is 11.5 Å². The molecule has 47 heavy (non-hydrogen) atoms. The van der Waals surface area contributed by atoms with Gasteiger partial charge in [0, 0.05) is 37.1 Å². The van der Waals surface area contributed by atoms with Crippen LogP contribution in [0.1, 0.15) is 28.8 Å². The number of carbonyl (C=O) groups is 3. The van der Waals surface area contributed by atoms with Crippen LogP contribution in [0.2, 0.25) is 0 Å². The predicted molar refractivity (Wildman–Crippen MR) is 171 cm³/mol. The maximum Gasteiger partial charge on any atom is 0.323 e. The van der Waals surface area contributed by atoms with E-state index in [1.165, 1.54) is 18.3 Å². The molecule has 0 unspecified atom stereocenters. The van der Waals surface area contributed by atoms with Gasteiger partial charge in [-0.15, -0.1) is 0 Å². The lowest BCUT2D eigenvalue weighted by molar-refractivity contribution is -0.151. The van der Waals surface area contributed by atoms with Gasteiger partial charge in [-0.1, -0.05) is 6.07 Å². The summed E-state index contributed by atoms with van der Waals surface area (Å²) in [4.78, 5) is 44.2. The number of urea groups is 1. The Labute approximate surface area is 269 Å². The third-order valence-electron chi connectivity index (χ3n) is 7.06. The van der Waals surface area contributed by atoms with E-state index in [0.29, 0.717) is 40.6 Å². The number of aromatic nitrogens is 2. The first-order valence-electron chi connectivity index (χ1n) is 14.7. The molecular weight excluding hydrogens is 613 g/mol. The third kappa shape index (κ3) is 9.84. The fourth-order valence-electron chi connectivity index (χ4n) is 4.19. The van der Waals surface area contributed by atoms with Gasteiger partial charge in [-0.3, -0.25) is 14.6 Å². The van der Waals surface area contributed by atoms with Gasteiger partial charge in [0.15, 0.2) is 0 Å². The number of nitrogens with one attached hydrogen (secondary N) is 4. The highest BCUT2D eigenvalue weighted by atomic mass is 19.1. The molecular formula is C33H36FN5O8. The Hall–Kier alpha value is -5.31. The summed E-state index contributed by atoms with van der Waals surface area (Å²) >= 11 is 0. The maximum atomic E-state index is 13.9. The molecule has 3 amide bonds. The average molecular weight is 650 g/mol. The number of aliphatic hydroxyl groups excluding tert-OH is 3. The van der Waals surface area contributed by atoms with E-state index in [1.54, 1.807) is 61.7 Å². The van der Waals surface area contributed by atoms with Gasteiger partial charge in [0.25, 0.3) is 5.91 Å². The van der Waals surface area contributed by atoms with Crippen LogP contribution in [-0.4, -0.2) is 76.2 Å². The molecule has 0 aliphatic rings. The molecule has 2 heterocycles. The van der Waals surface area contributed by atoms with Gasteiger partial charge in [-0.05, 0) is 67.4 Å². The number of aromatic amines is 1. The Kier molecular flexibility index (Phi) is 12.0. The van der Waals surface area contributed by atoms with Crippen molar-refractivity contribution in [2.45, 2.75) is 19.8 Å². The molecule has 0 fully saturated rings. The van der Waals surface area contributed by atoms with Crippen molar-refractivity contribution in [3.63, 3.8) is 0 Å². The first-order valence-corrected chi connectivity index (χ1v) is 14.7. The fourth-order valence-corrected chi connectivity index (χ4v) is 4.19. The van der Waals surface area contributed by atoms with Crippen LogP contribution in [0.3, 0.4) is 0 Å². The molecule has 4 aromatic rings. The van der Waals surface area contributed by atoms with Crippen molar-refractivity contribution in [1.29, 1.82) is 0 Å². The number of H-pyrrole nitrogens is 1. The van der Waals surface area contributed by atoms with Gasteiger partial charge < -0.3 is 45.7 Å². The summed E-state index contributed by atoms with van der Waals surface area (Å²) in [6, 6.07) is 15.4. The van der Waals surface area contributed by atoms with Crippen LogP contribution in [0, 0.1) is 18.2 Å². The van der Waals surface area contributed by atoms with Gasteiger partial charge in [-0.2, -0.15) is 0 Å². The molecule has 0 radical (unpaired) electrons. The van der Waals surface area contributed by atoms with E-state index in [2.05, 4.69) is 25.9 Å². The summed E-state index contributed by atoms with van der Waals surface area (Å²) in [5.74, 6) is -0.513. The Balaban J connectivity index is 1.24. The third-order valence-corrected chi connectivity index (χ3v) is 7.06. The van der Waals surface area contributed by atoms with Crippen molar-refractivity contribution in [2.24, 2.45) is 5.41 Å². The highest BCUT2D eigenvalue weighted by molar-refractivity contribution is 6.00. The molecule has 0 spiro atoms. The number of aliphatic hydroxyl groups is 3. The minimum absolute atomic E-state index is 0.00244. The number of esters is 1. The summed E-state index contributed by atoms with van der Waals surface area (Å²) in [5.41, 5.74) is 1.50. The predicted octanol–water partition coefficient (Wildman–Crippen LogP) is 3.98. The summed E-state index contributed by atoms with van der Waals surface area (Å²) in [7, 11) is 0. The maximum absolute atomic E-state index is 13.9. The van der Waals surface area contributed by atoms with E-state index in [-0.39, 0.29) is 31.2 Å². The minimum atomic E-state index is -1.30. The number of pyridine rings is 1. The number of anilines is 2. The van der Waals surface area contributed by atoms with E-state index in [1.807, 2.05) is 0 Å². The molecule has 4 rings (SSSR count). The molecule has 0 aliphatic heterocycles. The zero-order valence-corrected chi connectivity index (χ0v) is 25.6. The summed E-state index contributed by atoms with van der Waals surface area (Å²) in [6.45, 7) is 0.0613. The number of amides is 3. The van der Waals surface area contributed by atoms with Crippen molar-refractivity contribution in [3.05, 3.63) is 90.0 Å². The largest absolute Gasteiger partial charge is 0.465 e. The van der Waals surface area contributed by atoms with E-state index >= 15 is 0 Å². The molecule has 14 heteroatoms. The van der Waals surface area contributed by atoms with Gasteiger partial charge in [0.1, 0.15) is 23.9 Å². The van der Waals surface area contributed by atoms with Gasteiger partial charge >= 0.3 is 12.0 Å². The van der Waals surface area contributed by atoms with Crippen LogP contribution >= 0.6 is 0 Å². The Morgan fingerprint density at radius 2 is 1.68 bits per heavy atom. The van der Waals surface area contributed by atoms with Crippen molar-refractivity contribution < 1.29 is 43.6 Å². The van der Waals surface area contributed by atoms with E-state index in [9.17, 15) is 34.1 Å². The van der Waals surface area contributed by atoms with Crippen molar-refractivity contribution in [3.8, 4) is 22.9 Å². The molecule has 0 atom stereocenters. The Morgan fingerprint density at radius 3 is 2.40 bits per heavy atom. The van der Waals surface area contributed by atoms with Crippen LogP contribution < -0.4 is 20.7 Å². The Morgan fingerprint density at radius 1 is 0.936 bits per heavy atom. The number of hydrogen-bond acceptors (Lipinski definition) is 9. The van der Waals surface area contributed by atoms with Crippen molar-refractivity contribution >= 4 is 29.3 Å². The zero-order valence-electron chi connectivity index (χ0n) is 25.6. The lowest BCUT2D eigenvalue weighted by Gasteiger charge is -2.26. The van der Waals surface area contributed by atoms with E-state index < -0.39 is 43.1 Å². The molecule has 0 saturated carbocycles. The number of rotatable bonds is 15. The van der Waals surface area contributed by atoms with Crippen molar-refractivity contribution in [2.75, 3.05) is 43.6 Å². The standard InChI is InChI=1S/C33H36FN5O8/c1-21-4-9-26(34)27(13-21)39-32(45)38-23-5-7-24(8-6-23)47-25-10-12-35-29(15-25)28-14-22(16-37-28)31(44)36-11-2-3-30(43)46-20-33(17-40,18-41)19-42/h4-10,12-16,37,40-42H,2-3,11,17-20H2,1H3,(H,36,44)(H2,38,39,45). The number of benzene rings is 2. The minimum Gasteiger partial charge on any atom is -0.465 e. The number of nitrogens with zero attached hydrogens (tertiary/aromatic N) is 1. The SMILES string of the molecule is Cc1ccc(F)c(NC(=O)Nc2ccc(Oc3ccnc(-c4cc(C(=O)NCCCC(=O)OCC(CO)(CO)CO)c[nH]4)c3)cc2)c1. The van der Waals surface area contributed by atoms with Crippen LogP contribution in [0.15, 0.2) is 73.1 Å². The van der Waals surface area contributed by atoms with Crippen molar-refractivity contribution in [1.82, 2.24) is 15.3 Å². The molecule has 7 N–H and O–H groups in total. The number of carbonyl (C=O) groups excluding carboxylic acids is 3. The molecule has 0 aliphatic carbocycles. The number of ether oxygens (including phenoxy) is 2. The monoisotopic (exact) mass is 649 g/mol. The molecule has 248 valence electrons.